The van der Waals surface area contributed by atoms with Gasteiger partial charge in [-0.1, -0.05) is 6.07 Å². The molecular formula is C11H14N2O3S2. The van der Waals surface area contributed by atoms with Crippen LogP contribution in [-0.2, 0) is 14.6 Å². The number of hydrazone groups is 1. The zero-order valence-corrected chi connectivity index (χ0v) is 11.6. The molecule has 1 aliphatic rings. The normalized spacial score (nSPS) is 22.9. The number of hydrogen-bond acceptors (Lipinski definition) is 5. The van der Waals surface area contributed by atoms with Crippen LogP contribution >= 0.6 is 11.3 Å². The van der Waals surface area contributed by atoms with Crippen LogP contribution in [0.3, 0.4) is 0 Å². The first kappa shape index (κ1) is 13.2. The van der Waals surface area contributed by atoms with Gasteiger partial charge in [0.05, 0.1) is 23.1 Å². The standard InChI is InChI=1S/C11H14N2O3S2/c1-8(10-3-2-5-17-10)12-13-11(14)9-4-6-18(15,16)7-9/h2-3,5,9H,4,6-7H2,1H3,(H,13,14)/b12-8-/t9-/m1/s1. The Morgan fingerprint density at radius 2 is 2.33 bits per heavy atom. The van der Waals surface area contributed by atoms with E-state index in [9.17, 15) is 13.2 Å². The van der Waals surface area contributed by atoms with Gasteiger partial charge in [0.25, 0.3) is 0 Å². The summed E-state index contributed by atoms with van der Waals surface area (Å²) in [7, 11) is -3.03. The number of nitrogens with zero attached hydrogens (tertiary/aromatic N) is 1. The summed E-state index contributed by atoms with van der Waals surface area (Å²) in [6, 6.07) is 3.82. The van der Waals surface area contributed by atoms with Crippen molar-refractivity contribution in [2.45, 2.75) is 13.3 Å². The molecule has 1 atom stereocenters. The van der Waals surface area contributed by atoms with E-state index in [4.69, 9.17) is 0 Å². The summed E-state index contributed by atoms with van der Waals surface area (Å²) in [4.78, 5) is 12.7. The predicted octanol–water partition coefficient (Wildman–Crippen LogP) is 1.02. The minimum absolute atomic E-state index is 0.0631. The maximum absolute atomic E-state index is 11.7. The topological polar surface area (TPSA) is 75.6 Å². The minimum atomic E-state index is -3.03. The lowest BCUT2D eigenvalue weighted by atomic mass is 10.1. The number of rotatable bonds is 3. The number of nitrogens with one attached hydrogen (secondary N) is 1. The Labute approximate surface area is 110 Å². The molecule has 0 unspecified atom stereocenters. The van der Waals surface area contributed by atoms with Gasteiger partial charge >= 0.3 is 0 Å². The molecule has 1 amide bonds. The summed E-state index contributed by atoms with van der Waals surface area (Å²) in [6.07, 6.45) is 0.391. The van der Waals surface area contributed by atoms with Gasteiger partial charge in [0.15, 0.2) is 9.84 Å². The Hall–Kier alpha value is -1.21. The minimum Gasteiger partial charge on any atom is -0.273 e. The maximum Gasteiger partial charge on any atom is 0.244 e. The molecule has 2 rings (SSSR count). The number of amides is 1. The van der Waals surface area contributed by atoms with Crippen LogP contribution in [-0.4, -0.2) is 31.5 Å². The van der Waals surface area contributed by atoms with Crippen molar-refractivity contribution < 1.29 is 13.2 Å². The van der Waals surface area contributed by atoms with Crippen LogP contribution in [0.1, 0.15) is 18.2 Å². The fraction of sp³-hybridized carbons (Fsp3) is 0.455. The lowest BCUT2D eigenvalue weighted by Crippen LogP contribution is -2.28. The van der Waals surface area contributed by atoms with Gasteiger partial charge in [-0.3, -0.25) is 4.79 Å². The van der Waals surface area contributed by atoms with Crippen molar-refractivity contribution in [2.24, 2.45) is 11.0 Å². The number of carbonyl (C=O) groups excluding carboxylic acids is 1. The van der Waals surface area contributed by atoms with Gasteiger partial charge in [0.2, 0.25) is 5.91 Å². The summed E-state index contributed by atoms with van der Waals surface area (Å²) >= 11 is 1.54. The van der Waals surface area contributed by atoms with Crippen LogP contribution in [0.2, 0.25) is 0 Å². The summed E-state index contributed by atoms with van der Waals surface area (Å²) in [5.74, 6) is -0.743. The average molecular weight is 286 g/mol. The van der Waals surface area contributed by atoms with Crippen molar-refractivity contribution in [3.8, 4) is 0 Å². The molecule has 1 N–H and O–H groups in total. The van der Waals surface area contributed by atoms with Crippen molar-refractivity contribution in [2.75, 3.05) is 11.5 Å². The van der Waals surface area contributed by atoms with E-state index in [1.54, 1.807) is 6.92 Å². The second-order valence-electron chi connectivity index (χ2n) is 4.25. The molecule has 5 nitrogen and oxygen atoms in total. The largest absolute Gasteiger partial charge is 0.273 e. The zero-order chi connectivity index (χ0) is 13.2. The van der Waals surface area contributed by atoms with E-state index >= 15 is 0 Å². The van der Waals surface area contributed by atoms with Crippen molar-refractivity contribution in [3.63, 3.8) is 0 Å². The summed E-state index contributed by atoms with van der Waals surface area (Å²) < 4.78 is 22.5. The van der Waals surface area contributed by atoms with Crippen molar-refractivity contribution in [1.29, 1.82) is 0 Å². The molecule has 1 aromatic rings. The maximum atomic E-state index is 11.7. The smallest absolute Gasteiger partial charge is 0.244 e. The first-order chi connectivity index (χ1) is 8.48. The number of sulfone groups is 1. The Morgan fingerprint density at radius 3 is 2.89 bits per heavy atom. The second kappa shape index (κ2) is 5.19. The monoisotopic (exact) mass is 286 g/mol. The highest BCUT2D eigenvalue weighted by atomic mass is 32.2. The highest BCUT2D eigenvalue weighted by Gasteiger charge is 2.32. The highest BCUT2D eigenvalue weighted by molar-refractivity contribution is 7.91. The van der Waals surface area contributed by atoms with Crippen LogP contribution in [0, 0.1) is 5.92 Å². The SMILES string of the molecule is C/C(=N/NC(=O)[C@@H]1CCS(=O)(=O)C1)c1cccs1. The van der Waals surface area contributed by atoms with E-state index in [0.717, 1.165) is 10.6 Å². The number of carbonyl (C=O) groups is 1. The third-order valence-electron chi connectivity index (χ3n) is 2.81. The van der Waals surface area contributed by atoms with Gasteiger partial charge in [-0.2, -0.15) is 5.10 Å². The molecule has 0 saturated carbocycles. The van der Waals surface area contributed by atoms with E-state index in [2.05, 4.69) is 10.5 Å². The zero-order valence-electron chi connectivity index (χ0n) is 9.92. The molecule has 0 radical (unpaired) electrons. The van der Waals surface area contributed by atoms with Gasteiger partial charge in [-0.25, -0.2) is 13.8 Å². The van der Waals surface area contributed by atoms with Crippen LogP contribution in [0.15, 0.2) is 22.6 Å². The molecule has 0 aromatic carbocycles. The average Bonchev–Trinajstić information content (AvgIpc) is 2.94. The Kier molecular flexibility index (Phi) is 3.82. The van der Waals surface area contributed by atoms with Crippen LogP contribution in [0.25, 0.3) is 0 Å². The molecule has 1 aliphatic heterocycles. The molecule has 0 bridgehead atoms. The van der Waals surface area contributed by atoms with Gasteiger partial charge < -0.3 is 0 Å². The van der Waals surface area contributed by atoms with Gasteiger partial charge in [0.1, 0.15) is 0 Å². The summed E-state index contributed by atoms with van der Waals surface area (Å²) in [5, 5.41) is 5.92. The number of hydrogen-bond donors (Lipinski definition) is 1. The van der Waals surface area contributed by atoms with Crippen molar-refractivity contribution >= 4 is 32.8 Å². The summed E-state index contributed by atoms with van der Waals surface area (Å²) in [5.41, 5.74) is 3.16. The van der Waals surface area contributed by atoms with E-state index in [1.165, 1.54) is 11.3 Å². The third-order valence-corrected chi connectivity index (χ3v) is 5.56. The van der Waals surface area contributed by atoms with E-state index in [-0.39, 0.29) is 17.4 Å². The third kappa shape index (κ3) is 3.17. The second-order valence-corrected chi connectivity index (χ2v) is 7.43. The Bertz CT molecular complexity index is 561. The van der Waals surface area contributed by atoms with Gasteiger partial charge in [-0.05, 0) is 24.8 Å². The van der Waals surface area contributed by atoms with Gasteiger partial charge in [-0.15, -0.1) is 11.3 Å². The first-order valence-electron chi connectivity index (χ1n) is 5.56. The van der Waals surface area contributed by atoms with Crippen LogP contribution in [0.5, 0.6) is 0 Å². The van der Waals surface area contributed by atoms with E-state index < -0.39 is 15.8 Å². The van der Waals surface area contributed by atoms with Crippen LogP contribution in [0.4, 0.5) is 0 Å². The Morgan fingerprint density at radius 1 is 1.56 bits per heavy atom. The molecule has 1 saturated heterocycles. The molecule has 2 heterocycles. The first-order valence-corrected chi connectivity index (χ1v) is 8.26. The lowest BCUT2D eigenvalue weighted by molar-refractivity contribution is -0.124. The highest BCUT2D eigenvalue weighted by Crippen LogP contribution is 2.18. The van der Waals surface area contributed by atoms with E-state index in [0.29, 0.717) is 6.42 Å². The van der Waals surface area contributed by atoms with Gasteiger partial charge in [0, 0.05) is 4.88 Å². The molecule has 98 valence electrons. The van der Waals surface area contributed by atoms with E-state index in [1.807, 2.05) is 17.5 Å². The predicted molar refractivity (Wildman–Crippen MR) is 71.4 cm³/mol. The molecule has 7 heteroatoms. The van der Waals surface area contributed by atoms with Crippen LogP contribution < -0.4 is 5.43 Å². The lowest BCUT2D eigenvalue weighted by Gasteiger charge is -2.05. The fourth-order valence-electron chi connectivity index (χ4n) is 1.77. The molecule has 0 aliphatic carbocycles. The van der Waals surface area contributed by atoms with Crippen molar-refractivity contribution in [3.05, 3.63) is 22.4 Å². The molecular weight excluding hydrogens is 272 g/mol. The molecule has 18 heavy (non-hydrogen) atoms. The Balaban J connectivity index is 1.95. The fourth-order valence-corrected chi connectivity index (χ4v) is 4.19. The molecule has 0 spiro atoms. The number of thiophene rings is 1. The molecule has 1 aromatic heterocycles. The molecule has 1 fully saturated rings. The quantitative estimate of drug-likeness (QED) is 0.666. The van der Waals surface area contributed by atoms with Crippen molar-refractivity contribution in [1.82, 2.24) is 5.43 Å². The summed E-state index contributed by atoms with van der Waals surface area (Å²) in [6.45, 7) is 1.80.